The molecule has 0 atom stereocenters. The van der Waals surface area contributed by atoms with Crippen molar-refractivity contribution in [2.75, 3.05) is 13.2 Å². The highest BCUT2D eigenvalue weighted by Crippen LogP contribution is 2.18. The molecule has 0 unspecified atom stereocenters. The molecule has 4 heteroatoms. The highest BCUT2D eigenvalue weighted by Gasteiger charge is 2.18. The molecule has 1 aliphatic rings. The van der Waals surface area contributed by atoms with E-state index in [2.05, 4.69) is 5.16 Å². The minimum Gasteiger partial charge on any atom is -0.491 e. The van der Waals surface area contributed by atoms with E-state index in [0.29, 0.717) is 13.2 Å². The Morgan fingerprint density at radius 1 is 1.11 bits per heavy atom. The average molecular weight is 249 g/mol. The van der Waals surface area contributed by atoms with Crippen LogP contribution < -0.4 is 4.74 Å². The molecule has 0 bridgehead atoms. The molecule has 0 aliphatic heterocycles. The van der Waals surface area contributed by atoms with Gasteiger partial charge in [-0.2, -0.15) is 0 Å². The largest absolute Gasteiger partial charge is 0.491 e. The molecule has 0 radical (unpaired) electrons. The van der Waals surface area contributed by atoms with Crippen LogP contribution >= 0.6 is 0 Å². The van der Waals surface area contributed by atoms with Gasteiger partial charge in [0.05, 0.1) is 18.4 Å². The first kappa shape index (κ1) is 12.9. The summed E-state index contributed by atoms with van der Waals surface area (Å²) in [6.07, 6.45) is 3.81. The van der Waals surface area contributed by atoms with Gasteiger partial charge in [-0.3, -0.25) is 0 Å². The third-order valence-corrected chi connectivity index (χ3v) is 3.10. The zero-order valence-electron chi connectivity index (χ0n) is 10.4. The van der Waals surface area contributed by atoms with Crippen LogP contribution in [0.1, 0.15) is 25.7 Å². The summed E-state index contributed by atoms with van der Waals surface area (Å²) >= 11 is 0. The van der Waals surface area contributed by atoms with Crippen LogP contribution in [0.15, 0.2) is 35.5 Å². The fourth-order valence-electron chi connectivity index (χ4n) is 2.08. The quantitative estimate of drug-likeness (QED) is 0.496. The maximum atomic E-state index is 8.64. The van der Waals surface area contributed by atoms with Crippen molar-refractivity contribution in [3.05, 3.63) is 30.3 Å². The number of oxime groups is 1. The number of nitrogens with zero attached hydrogens (tertiary/aromatic N) is 1. The standard InChI is InChI=1S/C14H19NO3/c16-15-12-6-8-14(9-7-12)18-11-10-17-13-4-2-1-3-5-13/h1-5,14,16H,6-11H2. The Kier molecular flexibility index (Phi) is 5.02. The topological polar surface area (TPSA) is 51.1 Å². The second-order valence-corrected chi connectivity index (χ2v) is 4.40. The monoisotopic (exact) mass is 249 g/mol. The lowest BCUT2D eigenvalue weighted by atomic mass is 9.96. The fraction of sp³-hybridized carbons (Fsp3) is 0.500. The van der Waals surface area contributed by atoms with Gasteiger partial charge in [0.1, 0.15) is 12.4 Å². The van der Waals surface area contributed by atoms with Crippen LogP contribution in [0.4, 0.5) is 0 Å². The van der Waals surface area contributed by atoms with Crippen molar-refractivity contribution in [1.82, 2.24) is 0 Å². The predicted octanol–water partition coefficient (Wildman–Crippen LogP) is 2.85. The Balaban J connectivity index is 1.59. The summed E-state index contributed by atoms with van der Waals surface area (Å²) in [4.78, 5) is 0. The molecular weight excluding hydrogens is 230 g/mol. The highest BCUT2D eigenvalue weighted by molar-refractivity contribution is 5.84. The second-order valence-electron chi connectivity index (χ2n) is 4.40. The van der Waals surface area contributed by atoms with Crippen LogP contribution in [-0.4, -0.2) is 30.2 Å². The van der Waals surface area contributed by atoms with E-state index < -0.39 is 0 Å². The van der Waals surface area contributed by atoms with E-state index in [-0.39, 0.29) is 6.10 Å². The van der Waals surface area contributed by atoms with Gasteiger partial charge >= 0.3 is 0 Å². The third-order valence-electron chi connectivity index (χ3n) is 3.10. The molecule has 0 aromatic heterocycles. The molecule has 1 aromatic carbocycles. The van der Waals surface area contributed by atoms with Gasteiger partial charge in [-0.25, -0.2) is 0 Å². The van der Waals surface area contributed by atoms with Crippen molar-refractivity contribution >= 4 is 5.71 Å². The number of rotatable bonds is 5. The van der Waals surface area contributed by atoms with E-state index in [9.17, 15) is 0 Å². The summed E-state index contributed by atoms with van der Waals surface area (Å²) in [5.41, 5.74) is 0.885. The molecule has 2 rings (SSSR count). The molecule has 0 heterocycles. The van der Waals surface area contributed by atoms with Gasteiger partial charge < -0.3 is 14.7 Å². The maximum Gasteiger partial charge on any atom is 0.119 e. The summed E-state index contributed by atoms with van der Waals surface area (Å²) in [7, 11) is 0. The van der Waals surface area contributed by atoms with Crippen LogP contribution in [0.2, 0.25) is 0 Å². The van der Waals surface area contributed by atoms with Crippen molar-refractivity contribution in [3.63, 3.8) is 0 Å². The number of benzene rings is 1. The van der Waals surface area contributed by atoms with Crippen LogP contribution in [0, 0.1) is 0 Å². The summed E-state index contributed by atoms with van der Waals surface area (Å²) in [5.74, 6) is 0.874. The minimum absolute atomic E-state index is 0.273. The Labute approximate surface area is 107 Å². The zero-order chi connectivity index (χ0) is 12.6. The molecule has 0 saturated heterocycles. The van der Waals surface area contributed by atoms with Crippen LogP contribution in [0.25, 0.3) is 0 Å². The van der Waals surface area contributed by atoms with E-state index in [1.165, 1.54) is 0 Å². The van der Waals surface area contributed by atoms with E-state index in [4.69, 9.17) is 14.7 Å². The first-order chi connectivity index (χ1) is 8.88. The molecule has 1 aliphatic carbocycles. The highest BCUT2D eigenvalue weighted by atomic mass is 16.5. The van der Waals surface area contributed by atoms with Crippen molar-refractivity contribution < 1.29 is 14.7 Å². The van der Waals surface area contributed by atoms with E-state index >= 15 is 0 Å². The number of hydrogen-bond acceptors (Lipinski definition) is 4. The summed E-state index contributed by atoms with van der Waals surface area (Å²) in [6.45, 7) is 1.17. The number of ether oxygens (including phenoxy) is 2. The lowest BCUT2D eigenvalue weighted by molar-refractivity contribution is 0.0225. The average Bonchev–Trinajstić information content (AvgIpc) is 2.45. The van der Waals surface area contributed by atoms with E-state index in [1.54, 1.807) is 0 Å². The molecule has 18 heavy (non-hydrogen) atoms. The number of para-hydroxylation sites is 1. The Bertz CT molecular complexity index is 368. The molecule has 1 fully saturated rings. The molecule has 4 nitrogen and oxygen atoms in total. The Hall–Kier alpha value is -1.55. The fourth-order valence-corrected chi connectivity index (χ4v) is 2.08. The predicted molar refractivity (Wildman–Crippen MR) is 69.4 cm³/mol. The van der Waals surface area contributed by atoms with Crippen molar-refractivity contribution in [1.29, 1.82) is 0 Å². The summed E-state index contributed by atoms with van der Waals surface area (Å²) in [6, 6.07) is 9.74. The molecule has 0 spiro atoms. The van der Waals surface area contributed by atoms with Gasteiger partial charge in [-0.1, -0.05) is 23.4 Å². The minimum atomic E-state index is 0.273. The zero-order valence-corrected chi connectivity index (χ0v) is 10.4. The summed E-state index contributed by atoms with van der Waals surface area (Å²) in [5, 5.41) is 11.9. The van der Waals surface area contributed by atoms with Gasteiger partial charge in [-0.05, 0) is 37.8 Å². The molecule has 0 amide bonds. The van der Waals surface area contributed by atoms with Crippen LogP contribution in [-0.2, 0) is 4.74 Å². The van der Waals surface area contributed by atoms with Crippen LogP contribution in [0.5, 0.6) is 5.75 Å². The van der Waals surface area contributed by atoms with Crippen LogP contribution in [0.3, 0.4) is 0 Å². The van der Waals surface area contributed by atoms with E-state index in [0.717, 1.165) is 37.1 Å². The van der Waals surface area contributed by atoms with Gasteiger partial charge in [0.2, 0.25) is 0 Å². The van der Waals surface area contributed by atoms with Gasteiger partial charge in [0, 0.05) is 0 Å². The Morgan fingerprint density at radius 3 is 2.50 bits per heavy atom. The van der Waals surface area contributed by atoms with E-state index in [1.807, 2.05) is 30.3 Å². The molecule has 1 N–H and O–H groups in total. The van der Waals surface area contributed by atoms with Crippen molar-refractivity contribution in [2.24, 2.45) is 5.16 Å². The maximum absolute atomic E-state index is 8.64. The first-order valence-electron chi connectivity index (χ1n) is 6.38. The van der Waals surface area contributed by atoms with Gasteiger partial charge in [-0.15, -0.1) is 0 Å². The molecular formula is C14H19NO3. The number of hydrogen-bond donors (Lipinski definition) is 1. The van der Waals surface area contributed by atoms with Crippen molar-refractivity contribution in [3.8, 4) is 5.75 Å². The summed E-state index contributed by atoms with van der Waals surface area (Å²) < 4.78 is 11.3. The second kappa shape index (κ2) is 7.01. The van der Waals surface area contributed by atoms with Gasteiger partial charge in [0.25, 0.3) is 0 Å². The lowest BCUT2D eigenvalue weighted by Gasteiger charge is -2.22. The third kappa shape index (κ3) is 4.04. The SMILES string of the molecule is ON=C1CCC(OCCOc2ccccc2)CC1. The lowest BCUT2D eigenvalue weighted by Crippen LogP contribution is -2.23. The Morgan fingerprint density at radius 2 is 1.83 bits per heavy atom. The normalized spacial score (nSPS) is 19.6. The molecule has 98 valence electrons. The first-order valence-corrected chi connectivity index (χ1v) is 6.38. The molecule has 1 saturated carbocycles. The smallest absolute Gasteiger partial charge is 0.119 e. The van der Waals surface area contributed by atoms with Gasteiger partial charge in [0.15, 0.2) is 0 Å². The molecule has 1 aromatic rings. The van der Waals surface area contributed by atoms with Crippen molar-refractivity contribution in [2.45, 2.75) is 31.8 Å².